The average molecular weight is 336 g/mol. The third kappa shape index (κ3) is 4.56. The van der Waals surface area contributed by atoms with Gasteiger partial charge >= 0.3 is 0 Å². The van der Waals surface area contributed by atoms with Gasteiger partial charge in [0.15, 0.2) is 0 Å². The highest BCUT2D eigenvalue weighted by molar-refractivity contribution is 7.89. The van der Waals surface area contributed by atoms with E-state index in [0.29, 0.717) is 5.92 Å². The lowest BCUT2D eigenvalue weighted by molar-refractivity contribution is 0.483. The fourth-order valence-corrected chi connectivity index (χ4v) is 3.10. The molecule has 0 fully saturated rings. The SMILES string of the molecule is CNS(=O)(=O)c1cccc(C(C)Nc2cnn(CC(C)C)c2)c1. The molecule has 6 nitrogen and oxygen atoms in total. The van der Waals surface area contributed by atoms with Crippen molar-refractivity contribution in [3.05, 3.63) is 42.2 Å². The topological polar surface area (TPSA) is 76.0 Å². The van der Waals surface area contributed by atoms with Crippen molar-refractivity contribution in [2.24, 2.45) is 5.92 Å². The number of hydrogen-bond acceptors (Lipinski definition) is 4. The average Bonchev–Trinajstić information content (AvgIpc) is 2.93. The quantitative estimate of drug-likeness (QED) is 0.815. The Morgan fingerprint density at radius 1 is 1.26 bits per heavy atom. The van der Waals surface area contributed by atoms with E-state index in [1.54, 1.807) is 24.4 Å². The third-order valence-electron chi connectivity index (χ3n) is 3.51. The zero-order valence-electron chi connectivity index (χ0n) is 13.9. The van der Waals surface area contributed by atoms with Crippen molar-refractivity contribution in [1.82, 2.24) is 14.5 Å². The molecule has 1 unspecified atom stereocenters. The molecule has 126 valence electrons. The van der Waals surface area contributed by atoms with Gasteiger partial charge in [-0.3, -0.25) is 4.68 Å². The maximum Gasteiger partial charge on any atom is 0.240 e. The van der Waals surface area contributed by atoms with Crippen molar-refractivity contribution in [2.75, 3.05) is 12.4 Å². The van der Waals surface area contributed by atoms with E-state index < -0.39 is 10.0 Å². The molecule has 0 spiro atoms. The standard InChI is InChI=1S/C16H24N4O2S/c1-12(2)10-20-11-15(9-18-20)19-13(3)14-6-5-7-16(8-14)23(21,22)17-4/h5-9,11-13,17,19H,10H2,1-4H3. The molecule has 0 bridgehead atoms. The lowest BCUT2D eigenvalue weighted by Gasteiger charge is -2.15. The van der Waals surface area contributed by atoms with E-state index in [-0.39, 0.29) is 10.9 Å². The second-order valence-electron chi connectivity index (χ2n) is 5.99. The van der Waals surface area contributed by atoms with E-state index in [0.717, 1.165) is 17.8 Å². The first-order valence-corrected chi connectivity index (χ1v) is 9.12. The summed E-state index contributed by atoms with van der Waals surface area (Å²) in [6, 6.07) is 6.90. The maximum atomic E-state index is 11.9. The van der Waals surface area contributed by atoms with E-state index in [9.17, 15) is 8.42 Å². The summed E-state index contributed by atoms with van der Waals surface area (Å²) in [6.45, 7) is 7.15. The zero-order chi connectivity index (χ0) is 17.0. The number of nitrogens with one attached hydrogen (secondary N) is 2. The monoisotopic (exact) mass is 336 g/mol. The van der Waals surface area contributed by atoms with Crippen LogP contribution in [0.5, 0.6) is 0 Å². The molecule has 0 saturated heterocycles. The van der Waals surface area contributed by atoms with Crippen molar-refractivity contribution < 1.29 is 8.42 Å². The number of rotatable bonds is 7. The van der Waals surface area contributed by atoms with E-state index in [4.69, 9.17) is 0 Å². The van der Waals surface area contributed by atoms with E-state index in [2.05, 4.69) is 29.0 Å². The molecule has 0 aliphatic carbocycles. The molecule has 0 aliphatic heterocycles. The highest BCUT2D eigenvalue weighted by Crippen LogP contribution is 2.21. The van der Waals surface area contributed by atoms with Crippen LogP contribution in [-0.2, 0) is 16.6 Å². The van der Waals surface area contributed by atoms with Crippen molar-refractivity contribution in [3.8, 4) is 0 Å². The molecular weight excluding hydrogens is 312 g/mol. The Balaban J connectivity index is 2.13. The Morgan fingerprint density at radius 3 is 2.65 bits per heavy atom. The lowest BCUT2D eigenvalue weighted by atomic mass is 10.1. The summed E-state index contributed by atoms with van der Waals surface area (Å²) < 4.78 is 28.0. The van der Waals surface area contributed by atoms with Gasteiger partial charge in [0.1, 0.15) is 0 Å². The number of nitrogens with zero attached hydrogens (tertiary/aromatic N) is 2. The highest BCUT2D eigenvalue weighted by atomic mass is 32.2. The van der Waals surface area contributed by atoms with Crippen LogP contribution in [0.4, 0.5) is 5.69 Å². The van der Waals surface area contributed by atoms with E-state index in [1.165, 1.54) is 7.05 Å². The van der Waals surface area contributed by atoms with Crippen LogP contribution in [0.2, 0.25) is 0 Å². The Bertz CT molecular complexity index is 753. The summed E-state index contributed by atoms with van der Waals surface area (Å²) in [5.41, 5.74) is 1.82. The van der Waals surface area contributed by atoms with Crippen LogP contribution in [0, 0.1) is 5.92 Å². The van der Waals surface area contributed by atoms with Crippen molar-refractivity contribution in [2.45, 2.75) is 38.3 Å². The van der Waals surface area contributed by atoms with Crippen LogP contribution in [0.15, 0.2) is 41.6 Å². The molecule has 2 rings (SSSR count). The molecule has 1 aromatic heterocycles. The molecule has 0 amide bonds. The Kier molecular flexibility index (Phi) is 5.43. The summed E-state index contributed by atoms with van der Waals surface area (Å²) >= 11 is 0. The molecule has 0 saturated carbocycles. The number of hydrogen-bond donors (Lipinski definition) is 2. The number of aromatic nitrogens is 2. The molecule has 7 heteroatoms. The maximum absolute atomic E-state index is 11.9. The van der Waals surface area contributed by atoms with Gasteiger partial charge in [-0.15, -0.1) is 0 Å². The predicted molar refractivity (Wildman–Crippen MR) is 91.8 cm³/mol. The number of anilines is 1. The molecule has 2 aromatic rings. The second-order valence-corrected chi connectivity index (χ2v) is 7.88. The van der Waals surface area contributed by atoms with Gasteiger partial charge < -0.3 is 5.32 Å². The van der Waals surface area contributed by atoms with Crippen LogP contribution in [0.25, 0.3) is 0 Å². The first-order chi connectivity index (χ1) is 10.8. The highest BCUT2D eigenvalue weighted by Gasteiger charge is 2.14. The van der Waals surface area contributed by atoms with Crippen LogP contribution < -0.4 is 10.0 Å². The summed E-state index contributed by atoms with van der Waals surface area (Å²) in [5.74, 6) is 0.531. The van der Waals surface area contributed by atoms with Crippen LogP contribution in [0.1, 0.15) is 32.4 Å². The molecule has 0 radical (unpaired) electrons. The molecule has 23 heavy (non-hydrogen) atoms. The lowest BCUT2D eigenvalue weighted by Crippen LogP contribution is -2.19. The Labute approximate surface area is 138 Å². The molecule has 0 aliphatic rings. The first kappa shape index (κ1) is 17.5. The number of sulfonamides is 1. The van der Waals surface area contributed by atoms with Gasteiger partial charge in [-0.2, -0.15) is 5.10 Å². The Hall–Kier alpha value is -1.86. The zero-order valence-corrected chi connectivity index (χ0v) is 14.8. The van der Waals surface area contributed by atoms with Gasteiger partial charge in [-0.1, -0.05) is 26.0 Å². The Morgan fingerprint density at radius 2 is 2.00 bits per heavy atom. The summed E-state index contributed by atoms with van der Waals surface area (Å²) in [7, 11) is -2.02. The predicted octanol–water partition coefficient (Wildman–Crippen LogP) is 2.62. The van der Waals surface area contributed by atoms with Crippen LogP contribution >= 0.6 is 0 Å². The van der Waals surface area contributed by atoms with Crippen molar-refractivity contribution >= 4 is 15.7 Å². The van der Waals surface area contributed by atoms with E-state index in [1.807, 2.05) is 23.9 Å². The first-order valence-electron chi connectivity index (χ1n) is 7.64. The molecule has 1 heterocycles. The molecular formula is C16H24N4O2S. The smallest absolute Gasteiger partial charge is 0.240 e. The van der Waals surface area contributed by atoms with Gasteiger partial charge in [0.2, 0.25) is 10.0 Å². The third-order valence-corrected chi connectivity index (χ3v) is 4.92. The van der Waals surface area contributed by atoms with Gasteiger partial charge in [0.05, 0.1) is 16.8 Å². The summed E-state index contributed by atoms with van der Waals surface area (Å²) in [4.78, 5) is 0.265. The van der Waals surface area contributed by atoms with E-state index >= 15 is 0 Å². The summed E-state index contributed by atoms with van der Waals surface area (Å²) in [5, 5.41) is 7.67. The molecule has 1 aromatic carbocycles. The largest absolute Gasteiger partial charge is 0.376 e. The number of benzene rings is 1. The van der Waals surface area contributed by atoms with Gasteiger partial charge in [0.25, 0.3) is 0 Å². The summed E-state index contributed by atoms with van der Waals surface area (Å²) in [6.07, 6.45) is 3.75. The van der Waals surface area contributed by atoms with Crippen molar-refractivity contribution in [3.63, 3.8) is 0 Å². The second kappa shape index (κ2) is 7.14. The fourth-order valence-electron chi connectivity index (χ4n) is 2.31. The molecule has 1 atom stereocenters. The minimum atomic E-state index is -3.43. The van der Waals surface area contributed by atoms with Crippen LogP contribution in [-0.4, -0.2) is 25.2 Å². The minimum absolute atomic E-state index is 0.0290. The van der Waals surface area contributed by atoms with Gasteiger partial charge in [-0.05, 0) is 37.6 Å². The normalized spacial score (nSPS) is 13.3. The van der Waals surface area contributed by atoms with Crippen molar-refractivity contribution in [1.29, 1.82) is 0 Å². The van der Waals surface area contributed by atoms with Gasteiger partial charge in [0, 0.05) is 18.8 Å². The fraction of sp³-hybridized carbons (Fsp3) is 0.438. The van der Waals surface area contributed by atoms with Gasteiger partial charge in [-0.25, -0.2) is 13.1 Å². The molecule has 2 N–H and O–H groups in total. The minimum Gasteiger partial charge on any atom is -0.376 e. The van der Waals surface area contributed by atoms with Crippen LogP contribution in [0.3, 0.4) is 0 Å².